The van der Waals surface area contributed by atoms with Crippen LogP contribution in [0.2, 0.25) is 0 Å². The van der Waals surface area contributed by atoms with Crippen molar-refractivity contribution in [3.05, 3.63) is 65.2 Å². The Labute approximate surface area is 140 Å². The molecule has 1 heterocycles. The molecule has 0 bridgehead atoms. The van der Waals surface area contributed by atoms with E-state index >= 15 is 0 Å². The lowest BCUT2D eigenvalue weighted by molar-refractivity contribution is -0.139. The predicted octanol–water partition coefficient (Wildman–Crippen LogP) is 2.90. The average Bonchev–Trinajstić information content (AvgIpc) is 2.87. The third-order valence-corrected chi connectivity index (χ3v) is 3.99. The average molecular weight is 322 g/mol. The second-order valence-electron chi connectivity index (χ2n) is 5.89. The van der Waals surface area contributed by atoms with Gasteiger partial charge in [0, 0.05) is 24.1 Å². The summed E-state index contributed by atoms with van der Waals surface area (Å²) in [5.74, 6) is -0.469. The van der Waals surface area contributed by atoms with Crippen LogP contribution in [0.5, 0.6) is 0 Å². The van der Waals surface area contributed by atoms with E-state index in [2.05, 4.69) is 5.32 Å². The number of nitrogens with zero attached hydrogens (tertiary/aromatic N) is 1. The summed E-state index contributed by atoms with van der Waals surface area (Å²) in [6.45, 7) is 2.23. The molecular weight excluding hydrogens is 304 g/mol. The molecule has 0 spiro atoms. The van der Waals surface area contributed by atoms with Gasteiger partial charge in [0.2, 0.25) is 11.8 Å². The molecule has 0 aliphatic carbocycles. The van der Waals surface area contributed by atoms with Crippen molar-refractivity contribution in [1.82, 2.24) is 4.90 Å². The zero-order valence-electron chi connectivity index (χ0n) is 13.4. The molecule has 0 radical (unpaired) electrons. The lowest BCUT2D eigenvalue weighted by Crippen LogP contribution is -2.28. The summed E-state index contributed by atoms with van der Waals surface area (Å²) in [7, 11) is 0. The number of amides is 3. The van der Waals surface area contributed by atoms with E-state index in [4.69, 9.17) is 0 Å². The zero-order valence-corrected chi connectivity index (χ0v) is 13.4. The number of carbonyl (C=O) groups excluding carboxylic acids is 3. The summed E-state index contributed by atoms with van der Waals surface area (Å²) in [6, 6.07) is 14.5. The van der Waals surface area contributed by atoms with E-state index in [-0.39, 0.29) is 37.1 Å². The molecule has 0 saturated carbocycles. The Morgan fingerprint density at radius 1 is 1.04 bits per heavy atom. The summed E-state index contributed by atoms with van der Waals surface area (Å²) < 4.78 is 0. The van der Waals surface area contributed by atoms with Crippen molar-refractivity contribution in [3.63, 3.8) is 0 Å². The maximum absolute atomic E-state index is 12.3. The first-order valence-corrected chi connectivity index (χ1v) is 7.83. The molecule has 2 aromatic rings. The Morgan fingerprint density at radius 2 is 1.71 bits per heavy atom. The van der Waals surface area contributed by atoms with Gasteiger partial charge < -0.3 is 5.32 Å². The highest BCUT2D eigenvalue weighted by Gasteiger charge is 2.28. The van der Waals surface area contributed by atoms with Gasteiger partial charge in [0.25, 0.3) is 5.91 Å². The van der Waals surface area contributed by atoms with Crippen LogP contribution in [-0.4, -0.2) is 22.6 Å². The Kier molecular flexibility index (Phi) is 4.42. The van der Waals surface area contributed by atoms with Crippen molar-refractivity contribution in [3.8, 4) is 0 Å². The van der Waals surface area contributed by atoms with Crippen molar-refractivity contribution >= 4 is 23.4 Å². The van der Waals surface area contributed by atoms with Crippen LogP contribution >= 0.6 is 0 Å². The summed E-state index contributed by atoms with van der Waals surface area (Å²) in [4.78, 5) is 36.8. The zero-order chi connectivity index (χ0) is 17.1. The molecule has 5 heteroatoms. The van der Waals surface area contributed by atoms with Crippen molar-refractivity contribution in [1.29, 1.82) is 0 Å². The maximum atomic E-state index is 12.3. The van der Waals surface area contributed by atoms with Crippen LogP contribution in [0, 0.1) is 6.92 Å². The smallest absolute Gasteiger partial charge is 0.255 e. The standard InChI is InChI=1S/C19H18N2O3/c1-13-3-2-4-16(11-13)20-19(24)15-7-5-14(6-8-15)12-21-17(22)9-10-18(21)23/h2-8,11H,9-10,12H2,1H3,(H,20,24). The van der Waals surface area contributed by atoms with E-state index in [0.29, 0.717) is 5.56 Å². The number of benzene rings is 2. The van der Waals surface area contributed by atoms with Crippen LogP contribution in [0.15, 0.2) is 48.5 Å². The van der Waals surface area contributed by atoms with Crippen molar-refractivity contribution in [2.45, 2.75) is 26.3 Å². The first-order valence-electron chi connectivity index (χ1n) is 7.83. The summed E-state index contributed by atoms with van der Waals surface area (Å²) in [5, 5.41) is 2.85. The van der Waals surface area contributed by atoms with Gasteiger partial charge in [-0.3, -0.25) is 19.3 Å². The molecule has 0 aromatic heterocycles. The van der Waals surface area contributed by atoms with Gasteiger partial charge >= 0.3 is 0 Å². The van der Waals surface area contributed by atoms with E-state index in [9.17, 15) is 14.4 Å². The van der Waals surface area contributed by atoms with Crippen LogP contribution in [0.3, 0.4) is 0 Å². The van der Waals surface area contributed by atoms with Crippen LogP contribution in [-0.2, 0) is 16.1 Å². The normalized spacial score (nSPS) is 14.1. The van der Waals surface area contributed by atoms with Gasteiger partial charge in [-0.05, 0) is 42.3 Å². The summed E-state index contributed by atoms with van der Waals surface area (Å²) in [5.41, 5.74) is 3.17. The number of nitrogens with one attached hydrogen (secondary N) is 1. The molecule has 2 aromatic carbocycles. The van der Waals surface area contributed by atoms with Crippen molar-refractivity contribution in [2.24, 2.45) is 0 Å². The minimum absolute atomic E-state index is 0.138. The van der Waals surface area contributed by atoms with Gasteiger partial charge in [-0.25, -0.2) is 0 Å². The molecule has 3 rings (SSSR count). The lowest BCUT2D eigenvalue weighted by atomic mass is 10.1. The van der Waals surface area contributed by atoms with Crippen LogP contribution in [0.25, 0.3) is 0 Å². The number of anilines is 1. The van der Waals surface area contributed by atoms with Gasteiger partial charge in [-0.15, -0.1) is 0 Å². The number of carbonyl (C=O) groups is 3. The van der Waals surface area contributed by atoms with Gasteiger partial charge in [0.15, 0.2) is 0 Å². The van der Waals surface area contributed by atoms with Gasteiger partial charge in [0.05, 0.1) is 6.54 Å². The van der Waals surface area contributed by atoms with Crippen LogP contribution < -0.4 is 5.32 Å². The lowest BCUT2D eigenvalue weighted by Gasteiger charge is -2.14. The van der Waals surface area contributed by atoms with Gasteiger partial charge in [-0.2, -0.15) is 0 Å². The second kappa shape index (κ2) is 6.66. The number of imide groups is 1. The fourth-order valence-corrected chi connectivity index (χ4v) is 2.67. The Bertz CT molecular complexity index is 781. The van der Waals surface area contributed by atoms with E-state index in [1.807, 2.05) is 31.2 Å². The van der Waals surface area contributed by atoms with Crippen molar-refractivity contribution in [2.75, 3.05) is 5.32 Å². The minimum atomic E-state index is -0.194. The number of hydrogen-bond donors (Lipinski definition) is 1. The predicted molar refractivity (Wildman–Crippen MR) is 90.4 cm³/mol. The van der Waals surface area contributed by atoms with E-state index in [1.54, 1.807) is 24.3 Å². The highest BCUT2D eigenvalue weighted by Crippen LogP contribution is 2.17. The van der Waals surface area contributed by atoms with Gasteiger partial charge in [-0.1, -0.05) is 24.3 Å². The number of likely N-dealkylation sites (tertiary alicyclic amines) is 1. The third kappa shape index (κ3) is 3.51. The highest BCUT2D eigenvalue weighted by atomic mass is 16.2. The topological polar surface area (TPSA) is 66.5 Å². The highest BCUT2D eigenvalue weighted by molar-refractivity contribution is 6.04. The molecule has 122 valence electrons. The number of hydrogen-bond acceptors (Lipinski definition) is 3. The molecular formula is C19H18N2O3. The Morgan fingerprint density at radius 3 is 2.33 bits per heavy atom. The number of rotatable bonds is 4. The quantitative estimate of drug-likeness (QED) is 0.880. The molecule has 0 unspecified atom stereocenters. The number of aryl methyl sites for hydroxylation is 1. The molecule has 0 atom stereocenters. The van der Waals surface area contributed by atoms with E-state index < -0.39 is 0 Å². The molecule has 1 aliphatic rings. The largest absolute Gasteiger partial charge is 0.322 e. The summed E-state index contributed by atoms with van der Waals surface area (Å²) >= 11 is 0. The molecule has 5 nitrogen and oxygen atoms in total. The van der Waals surface area contributed by atoms with Crippen LogP contribution in [0.1, 0.15) is 34.3 Å². The fourth-order valence-electron chi connectivity index (χ4n) is 2.67. The minimum Gasteiger partial charge on any atom is -0.322 e. The monoisotopic (exact) mass is 322 g/mol. The molecule has 24 heavy (non-hydrogen) atoms. The maximum Gasteiger partial charge on any atom is 0.255 e. The Hall–Kier alpha value is -2.95. The van der Waals surface area contributed by atoms with E-state index in [1.165, 1.54) is 4.90 Å². The first-order chi connectivity index (χ1) is 11.5. The van der Waals surface area contributed by atoms with E-state index in [0.717, 1.165) is 16.8 Å². The van der Waals surface area contributed by atoms with Crippen molar-refractivity contribution < 1.29 is 14.4 Å². The Balaban J connectivity index is 1.66. The molecule has 1 saturated heterocycles. The SMILES string of the molecule is Cc1cccc(NC(=O)c2ccc(CN3C(=O)CCC3=O)cc2)c1. The molecule has 3 amide bonds. The molecule has 1 N–H and O–H groups in total. The van der Waals surface area contributed by atoms with Gasteiger partial charge in [0.1, 0.15) is 0 Å². The first kappa shape index (κ1) is 15.9. The fraction of sp³-hybridized carbons (Fsp3) is 0.211. The third-order valence-electron chi connectivity index (χ3n) is 3.99. The molecule has 1 aliphatic heterocycles. The molecule has 1 fully saturated rings. The van der Waals surface area contributed by atoms with Crippen LogP contribution in [0.4, 0.5) is 5.69 Å². The summed E-state index contributed by atoms with van der Waals surface area (Å²) in [6.07, 6.45) is 0.575. The second-order valence-corrected chi connectivity index (χ2v) is 5.89.